The molecular formula is C23H27O5P. The lowest BCUT2D eigenvalue weighted by molar-refractivity contribution is -0.136. The number of carbonyl (C=O) groups excluding carboxylic acids is 2. The summed E-state index contributed by atoms with van der Waals surface area (Å²) < 4.78 is 13.9. The number of benzene rings is 2. The highest BCUT2D eigenvalue weighted by molar-refractivity contribution is 7.95. The van der Waals surface area contributed by atoms with E-state index in [-0.39, 0.29) is 11.1 Å². The molecule has 2 aromatic carbocycles. The lowest BCUT2D eigenvalue weighted by atomic mass is 10.0. The molecule has 2 rings (SSSR count). The Kier molecular flexibility index (Phi) is 6.64. The summed E-state index contributed by atoms with van der Waals surface area (Å²) in [6.07, 6.45) is -0.998. The highest BCUT2D eigenvalue weighted by atomic mass is 31.2. The summed E-state index contributed by atoms with van der Waals surface area (Å²) in [6.45, 7) is 10.7. The molecule has 29 heavy (non-hydrogen) atoms. The number of hydrogen-bond donors (Lipinski definition) is 1. The third-order valence-electron chi connectivity index (χ3n) is 5.08. The average molecular weight is 414 g/mol. The first-order chi connectivity index (χ1) is 13.4. The molecule has 0 unspecified atom stereocenters. The minimum Gasteiger partial charge on any atom is -0.481 e. The summed E-state index contributed by atoms with van der Waals surface area (Å²) in [5.74, 6) is -1.19. The standard InChI is InChI=1S/C23H27O5P/c1-13-9-15(3)20(16(4)10-13)22(26)29(28,8-7-19(24)25)23(27)21-17(5)11-14(2)12-18(21)6/h9-12H,7-8H2,1-6H3,(H,24,25). The highest BCUT2D eigenvalue weighted by Gasteiger charge is 2.43. The van der Waals surface area contributed by atoms with Crippen molar-refractivity contribution in [3.63, 3.8) is 0 Å². The van der Waals surface area contributed by atoms with E-state index in [0.29, 0.717) is 22.3 Å². The van der Waals surface area contributed by atoms with Crippen LogP contribution in [0.25, 0.3) is 0 Å². The summed E-state index contributed by atoms with van der Waals surface area (Å²) >= 11 is 0. The molecule has 0 aromatic heterocycles. The van der Waals surface area contributed by atoms with Gasteiger partial charge in [0.15, 0.2) is 0 Å². The Labute approximate surface area is 171 Å². The van der Waals surface area contributed by atoms with Crippen molar-refractivity contribution in [3.8, 4) is 0 Å². The third kappa shape index (κ3) is 4.56. The second-order valence-electron chi connectivity index (χ2n) is 7.76. The van der Waals surface area contributed by atoms with Gasteiger partial charge in [0, 0.05) is 17.3 Å². The summed E-state index contributed by atoms with van der Waals surface area (Å²) in [5, 5.41) is 9.13. The van der Waals surface area contributed by atoms with Crippen molar-refractivity contribution >= 4 is 24.2 Å². The van der Waals surface area contributed by atoms with Crippen molar-refractivity contribution in [3.05, 3.63) is 68.8 Å². The van der Waals surface area contributed by atoms with Crippen molar-refractivity contribution < 1.29 is 24.1 Å². The number of hydrogen-bond acceptors (Lipinski definition) is 4. The number of aryl methyl sites for hydroxylation is 6. The van der Waals surface area contributed by atoms with Gasteiger partial charge in [-0.3, -0.25) is 14.4 Å². The Morgan fingerprint density at radius 2 is 1.03 bits per heavy atom. The molecule has 2 aromatic rings. The molecule has 0 amide bonds. The predicted octanol–water partition coefficient (Wildman–Crippen LogP) is 5.36. The summed E-state index contributed by atoms with van der Waals surface area (Å²) in [5.41, 5.74) is 3.43. The van der Waals surface area contributed by atoms with Crippen molar-refractivity contribution in [2.75, 3.05) is 6.16 Å². The Bertz CT molecular complexity index is 945. The zero-order chi connectivity index (χ0) is 22.1. The molecule has 0 atom stereocenters. The van der Waals surface area contributed by atoms with Gasteiger partial charge in [0.1, 0.15) is 0 Å². The van der Waals surface area contributed by atoms with Gasteiger partial charge in [0.05, 0.1) is 6.42 Å². The van der Waals surface area contributed by atoms with Crippen molar-refractivity contribution in [2.45, 2.75) is 48.0 Å². The first kappa shape index (κ1) is 22.8. The predicted molar refractivity (Wildman–Crippen MR) is 115 cm³/mol. The second kappa shape index (κ2) is 8.46. The Balaban J connectivity index is 2.69. The van der Waals surface area contributed by atoms with Gasteiger partial charge in [-0.25, -0.2) is 0 Å². The van der Waals surface area contributed by atoms with Gasteiger partial charge in [-0.15, -0.1) is 0 Å². The van der Waals surface area contributed by atoms with Crippen LogP contribution in [0, 0.1) is 41.5 Å². The van der Waals surface area contributed by atoms with E-state index in [1.807, 2.05) is 13.8 Å². The maximum atomic E-state index is 13.9. The van der Waals surface area contributed by atoms with Crippen LogP contribution in [0.2, 0.25) is 0 Å². The lowest BCUT2D eigenvalue weighted by Gasteiger charge is -2.20. The van der Waals surface area contributed by atoms with Gasteiger partial charge < -0.3 is 9.67 Å². The maximum absolute atomic E-state index is 13.9. The van der Waals surface area contributed by atoms with Crippen LogP contribution < -0.4 is 0 Å². The molecule has 0 bridgehead atoms. The van der Waals surface area contributed by atoms with E-state index in [1.165, 1.54) is 0 Å². The normalized spacial score (nSPS) is 11.4. The van der Waals surface area contributed by atoms with Crippen LogP contribution in [0.4, 0.5) is 0 Å². The van der Waals surface area contributed by atoms with Crippen molar-refractivity contribution in [1.29, 1.82) is 0 Å². The van der Waals surface area contributed by atoms with E-state index in [4.69, 9.17) is 5.11 Å². The molecule has 0 aliphatic heterocycles. The molecule has 0 aliphatic carbocycles. The zero-order valence-electron chi connectivity index (χ0n) is 17.8. The third-order valence-corrected chi connectivity index (χ3v) is 7.69. The zero-order valence-corrected chi connectivity index (χ0v) is 18.6. The van der Waals surface area contributed by atoms with Gasteiger partial charge in [0.2, 0.25) is 18.2 Å². The van der Waals surface area contributed by atoms with E-state index >= 15 is 0 Å². The highest BCUT2D eigenvalue weighted by Crippen LogP contribution is 2.54. The second-order valence-corrected chi connectivity index (χ2v) is 10.5. The monoisotopic (exact) mass is 414 g/mol. The van der Waals surface area contributed by atoms with Gasteiger partial charge >= 0.3 is 5.97 Å². The summed E-state index contributed by atoms with van der Waals surface area (Å²) in [4.78, 5) is 38.1. The molecule has 0 spiro atoms. The number of carbonyl (C=O) groups is 3. The molecule has 6 heteroatoms. The molecule has 0 aliphatic rings. The molecule has 154 valence electrons. The average Bonchev–Trinajstić information content (AvgIpc) is 2.57. The molecule has 0 saturated heterocycles. The number of aliphatic carboxylic acids is 1. The Hall–Kier alpha value is -2.52. The number of carboxylic acid groups (broad SMARTS) is 1. The van der Waals surface area contributed by atoms with Crippen molar-refractivity contribution in [2.24, 2.45) is 0 Å². The lowest BCUT2D eigenvalue weighted by Crippen LogP contribution is -2.18. The Morgan fingerprint density at radius 3 is 1.31 bits per heavy atom. The topological polar surface area (TPSA) is 88.5 Å². The van der Waals surface area contributed by atoms with E-state index in [9.17, 15) is 18.9 Å². The quantitative estimate of drug-likeness (QED) is 0.617. The maximum Gasteiger partial charge on any atom is 0.303 e. The largest absolute Gasteiger partial charge is 0.481 e. The van der Waals surface area contributed by atoms with Crippen molar-refractivity contribution in [1.82, 2.24) is 0 Å². The van der Waals surface area contributed by atoms with Crippen LogP contribution in [0.1, 0.15) is 60.5 Å². The first-order valence-corrected chi connectivity index (χ1v) is 11.3. The van der Waals surface area contributed by atoms with Crippen LogP contribution in [-0.4, -0.2) is 28.3 Å². The van der Waals surface area contributed by atoms with Gasteiger partial charge in [-0.1, -0.05) is 35.4 Å². The SMILES string of the molecule is Cc1cc(C)c(C(=O)P(=O)(CCC(=O)O)C(=O)c2c(C)cc(C)cc2C)c(C)c1. The van der Waals surface area contributed by atoms with Gasteiger partial charge in [-0.05, 0) is 63.8 Å². The molecule has 1 N–H and O–H groups in total. The van der Waals surface area contributed by atoms with E-state index in [1.54, 1.807) is 52.0 Å². The summed E-state index contributed by atoms with van der Waals surface area (Å²) in [7, 11) is -4.20. The van der Waals surface area contributed by atoms with E-state index in [2.05, 4.69) is 0 Å². The van der Waals surface area contributed by atoms with Crippen LogP contribution in [0.15, 0.2) is 24.3 Å². The molecular weight excluding hydrogens is 387 g/mol. The van der Waals surface area contributed by atoms with Crippen LogP contribution in [0.3, 0.4) is 0 Å². The van der Waals surface area contributed by atoms with Gasteiger partial charge in [-0.2, -0.15) is 0 Å². The fourth-order valence-corrected chi connectivity index (χ4v) is 6.47. The molecule has 0 fully saturated rings. The van der Waals surface area contributed by atoms with Crippen LogP contribution >= 0.6 is 7.14 Å². The number of carboxylic acids is 1. The molecule has 0 heterocycles. The smallest absolute Gasteiger partial charge is 0.303 e. The van der Waals surface area contributed by atoms with Gasteiger partial charge in [0.25, 0.3) is 0 Å². The fraction of sp³-hybridized carbons (Fsp3) is 0.348. The number of rotatable bonds is 7. The Morgan fingerprint density at radius 1 is 0.724 bits per heavy atom. The van der Waals surface area contributed by atoms with Crippen LogP contribution in [0.5, 0.6) is 0 Å². The van der Waals surface area contributed by atoms with E-state index in [0.717, 1.165) is 11.1 Å². The minimum atomic E-state index is -4.20. The summed E-state index contributed by atoms with van der Waals surface area (Å²) in [6, 6.07) is 7.20. The molecule has 0 radical (unpaired) electrons. The van der Waals surface area contributed by atoms with Crippen LogP contribution in [-0.2, 0) is 9.36 Å². The minimum absolute atomic E-state index is 0.250. The molecule has 0 saturated carbocycles. The van der Waals surface area contributed by atoms with E-state index < -0.39 is 36.7 Å². The molecule has 5 nitrogen and oxygen atoms in total. The fourth-order valence-electron chi connectivity index (χ4n) is 3.94. The first-order valence-electron chi connectivity index (χ1n) is 9.44.